The van der Waals surface area contributed by atoms with Gasteiger partial charge >= 0.3 is 12.1 Å². The van der Waals surface area contributed by atoms with E-state index in [2.05, 4.69) is 5.10 Å². The Balaban J connectivity index is 1.86. The molecule has 1 fully saturated rings. The number of ether oxygens (including phenoxy) is 2. The summed E-state index contributed by atoms with van der Waals surface area (Å²) >= 11 is 0. The van der Waals surface area contributed by atoms with E-state index < -0.39 is 35.4 Å². The Kier molecular flexibility index (Phi) is 7.07. The molecule has 0 radical (unpaired) electrons. The Hall–Kier alpha value is -3.08. The molecule has 0 aliphatic carbocycles. The van der Waals surface area contributed by atoms with Gasteiger partial charge in [-0.1, -0.05) is 12.1 Å². The fraction of sp³-hybridized carbons (Fsp3) is 0.476. The third kappa shape index (κ3) is 5.21. The van der Waals surface area contributed by atoms with Crippen molar-refractivity contribution < 1.29 is 32.5 Å². The molecule has 174 valence electrons. The van der Waals surface area contributed by atoms with Crippen LogP contribution in [0.5, 0.6) is 5.75 Å². The molecule has 3 rings (SSSR count). The van der Waals surface area contributed by atoms with Gasteiger partial charge in [0, 0.05) is 6.54 Å². The minimum atomic E-state index is -4.87. The van der Waals surface area contributed by atoms with Crippen molar-refractivity contribution in [2.24, 2.45) is 0 Å². The summed E-state index contributed by atoms with van der Waals surface area (Å²) in [4.78, 5) is 24.8. The number of aromatic nitrogens is 2. The zero-order valence-corrected chi connectivity index (χ0v) is 17.6. The third-order valence-electron chi connectivity index (χ3n) is 5.41. The fourth-order valence-corrected chi connectivity index (χ4v) is 3.62. The molecule has 1 saturated heterocycles. The fourth-order valence-electron chi connectivity index (χ4n) is 3.62. The zero-order chi connectivity index (χ0) is 23.5. The van der Waals surface area contributed by atoms with Crippen LogP contribution >= 0.6 is 0 Å². The van der Waals surface area contributed by atoms with Crippen LogP contribution in [-0.2, 0) is 22.3 Å². The summed E-state index contributed by atoms with van der Waals surface area (Å²) < 4.78 is 53.0. The first-order valence-electron chi connectivity index (χ1n) is 10.0. The monoisotopic (exact) mass is 455 g/mol. The minimum Gasteiger partial charge on any atom is -0.497 e. The summed E-state index contributed by atoms with van der Waals surface area (Å²) in [5.74, 6) is -0.435. The van der Waals surface area contributed by atoms with Gasteiger partial charge in [0.2, 0.25) is 0 Å². The van der Waals surface area contributed by atoms with E-state index in [0.717, 1.165) is 10.9 Å². The maximum Gasteiger partial charge on any atom is 0.423 e. The summed E-state index contributed by atoms with van der Waals surface area (Å²) in [6, 6.07) is 6.18. The van der Waals surface area contributed by atoms with Crippen LogP contribution in [0.25, 0.3) is 0 Å². The van der Waals surface area contributed by atoms with Crippen LogP contribution in [0.4, 0.5) is 18.9 Å². The molecule has 2 heterocycles. The lowest BCUT2D eigenvalue weighted by molar-refractivity contribution is -0.140. The van der Waals surface area contributed by atoms with Crippen LogP contribution < -0.4 is 15.2 Å². The number of hydrogen-bond acceptors (Lipinski definition) is 6. The maximum absolute atomic E-state index is 13.9. The van der Waals surface area contributed by atoms with Crippen molar-refractivity contribution in [2.75, 3.05) is 25.2 Å². The van der Waals surface area contributed by atoms with Gasteiger partial charge in [-0.15, -0.1) is 0 Å². The molecule has 32 heavy (non-hydrogen) atoms. The van der Waals surface area contributed by atoms with Crippen LogP contribution in [0.15, 0.2) is 35.3 Å². The summed E-state index contributed by atoms with van der Waals surface area (Å²) in [5.41, 5.74) is -2.19. The molecule has 1 aliphatic rings. The van der Waals surface area contributed by atoms with E-state index in [9.17, 15) is 22.8 Å². The molecular formula is C21H24F3N3O5. The zero-order valence-electron chi connectivity index (χ0n) is 17.6. The van der Waals surface area contributed by atoms with Crippen molar-refractivity contribution in [1.82, 2.24) is 9.78 Å². The smallest absolute Gasteiger partial charge is 0.423 e. The highest BCUT2D eigenvalue weighted by Crippen LogP contribution is 2.38. The molecule has 8 nitrogen and oxygen atoms in total. The van der Waals surface area contributed by atoms with Crippen LogP contribution in [0.3, 0.4) is 0 Å². The number of rotatable bonds is 9. The number of benzene rings is 1. The van der Waals surface area contributed by atoms with E-state index >= 15 is 0 Å². The van der Waals surface area contributed by atoms with Gasteiger partial charge in [-0.25, -0.2) is 4.68 Å². The van der Waals surface area contributed by atoms with Gasteiger partial charge in [-0.2, -0.15) is 18.3 Å². The van der Waals surface area contributed by atoms with E-state index in [1.807, 2.05) is 0 Å². The molecule has 11 heteroatoms. The third-order valence-corrected chi connectivity index (χ3v) is 5.41. The van der Waals surface area contributed by atoms with E-state index in [0.29, 0.717) is 24.3 Å². The SMILES string of the molecule is COc1ccc(Cn2ncc(N3CCC3C(C)OCCC(=O)O)c(C(F)(F)F)c2=O)cc1. The quantitative estimate of drug-likeness (QED) is 0.622. The molecule has 2 unspecified atom stereocenters. The molecule has 0 spiro atoms. The molecule has 1 N–H and O–H groups in total. The predicted molar refractivity (Wildman–Crippen MR) is 109 cm³/mol. The van der Waals surface area contributed by atoms with Gasteiger partial charge < -0.3 is 19.5 Å². The number of alkyl halides is 3. The number of carboxylic acid groups (broad SMARTS) is 1. The van der Waals surface area contributed by atoms with Crippen molar-refractivity contribution >= 4 is 11.7 Å². The van der Waals surface area contributed by atoms with Gasteiger partial charge in [0.05, 0.1) is 50.7 Å². The van der Waals surface area contributed by atoms with Crippen molar-refractivity contribution in [3.8, 4) is 5.75 Å². The summed E-state index contributed by atoms with van der Waals surface area (Å²) in [6.07, 6.45) is -3.96. The van der Waals surface area contributed by atoms with Crippen LogP contribution in [0.1, 0.15) is 30.9 Å². The molecular weight excluding hydrogens is 431 g/mol. The van der Waals surface area contributed by atoms with Gasteiger partial charge in [-0.05, 0) is 31.0 Å². The van der Waals surface area contributed by atoms with Gasteiger partial charge in [0.15, 0.2) is 0 Å². The lowest BCUT2D eigenvalue weighted by Gasteiger charge is -2.46. The van der Waals surface area contributed by atoms with E-state index in [1.165, 1.54) is 12.0 Å². The van der Waals surface area contributed by atoms with Crippen molar-refractivity contribution in [3.63, 3.8) is 0 Å². The average Bonchev–Trinajstić information content (AvgIpc) is 2.68. The number of anilines is 1. The molecule has 0 saturated carbocycles. The van der Waals surface area contributed by atoms with E-state index in [1.54, 1.807) is 31.2 Å². The standard InChI is InChI=1S/C21H24F3N3O5/c1-13(32-10-8-18(28)29)16-7-9-26(16)17-11-25-27(20(30)19(17)21(22,23)24)12-14-3-5-15(31-2)6-4-14/h3-6,11,13,16H,7-10,12H2,1-2H3,(H,28,29). The summed E-state index contributed by atoms with van der Waals surface area (Å²) in [5, 5.41) is 12.7. The van der Waals surface area contributed by atoms with Crippen molar-refractivity contribution in [3.05, 3.63) is 51.9 Å². The number of aliphatic carboxylic acids is 1. The van der Waals surface area contributed by atoms with Gasteiger partial charge in [-0.3, -0.25) is 9.59 Å². The van der Waals surface area contributed by atoms with Crippen LogP contribution in [-0.4, -0.2) is 53.3 Å². The Bertz CT molecular complexity index is 1010. The molecule has 1 aromatic heterocycles. The molecule has 1 aromatic carbocycles. The maximum atomic E-state index is 13.9. The largest absolute Gasteiger partial charge is 0.497 e. The van der Waals surface area contributed by atoms with Gasteiger partial charge in [0.25, 0.3) is 5.56 Å². The Morgan fingerprint density at radius 1 is 1.31 bits per heavy atom. The molecule has 0 bridgehead atoms. The molecule has 2 atom stereocenters. The van der Waals surface area contributed by atoms with Crippen LogP contribution in [0.2, 0.25) is 0 Å². The Morgan fingerprint density at radius 3 is 2.53 bits per heavy atom. The van der Waals surface area contributed by atoms with E-state index in [4.69, 9.17) is 14.6 Å². The van der Waals surface area contributed by atoms with Gasteiger partial charge in [0.1, 0.15) is 11.3 Å². The summed E-state index contributed by atoms with van der Waals surface area (Å²) in [6.45, 7) is 1.81. The average molecular weight is 455 g/mol. The first kappa shape index (κ1) is 23.6. The molecule has 0 amide bonds. The topological polar surface area (TPSA) is 93.9 Å². The number of carbonyl (C=O) groups is 1. The number of nitrogens with zero attached hydrogens (tertiary/aromatic N) is 3. The molecule has 2 aromatic rings. The first-order chi connectivity index (χ1) is 15.1. The lowest BCUT2D eigenvalue weighted by Crippen LogP contribution is -2.55. The molecule has 1 aliphatic heterocycles. The van der Waals surface area contributed by atoms with Crippen LogP contribution in [0, 0.1) is 0 Å². The lowest BCUT2D eigenvalue weighted by atomic mass is 9.96. The normalized spacial score (nSPS) is 17.0. The minimum absolute atomic E-state index is 0.0470. The van der Waals surface area contributed by atoms with Crippen molar-refractivity contribution in [1.29, 1.82) is 0 Å². The Morgan fingerprint density at radius 2 is 2.00 bits per heavy atom. The highest BCUT2D eigenvalue weighted by Gasteiger charge is 2.43. The highest BCUT2D eigenvalue weighted by molar-refractivity contribution is 5.66. The predicted octanol–water partition coefficient (Wildman–Crippen LogP) is 2.78. The summed E-state index contributed by atoms with van der Waals surface area (Å²) in [7, 11) is 1.50. The second-order valence-electron chi connectivity index (χ2n) is 7.48. The second kappa shape index (κ2) is 9.60. The Labute approximate surface area is 182 Å². The van der Waals surface area contributed by atoms with Crippen molar-refractivity contribution in [2.45, 2.75) is 44.6 Å². The highest BCUT2D eigenvalue weighted by atomic mass is 19.4. The number of hydrogen-bond donors (Lipinski definition) is 1. The number of methoxy groups -OCH3 is 1. The second-order valence-corrected chi connectivity index (χ2v) is 7.48. The number of halogens is 3. The number of carboxylic acids is 1. The van der Waals surface area contributed by atoms with E-state index in [-0.39, 0.29) is 25.3 Å². The first-order valence-corrected chi connectivity index (χ1v) is 10.0.